The van der Waals surface area contributed by atoms with Crippen LogP contribution in [0, 0.1) is 0 Å². The van der Waals surface area contributed by atoms with E-state index in [0.717, 1.165) is 17.1 Å². The number of hydrogen-bond acceptors (Lipinski definition) is 4. The smallest absolute Gasteiger partial charge is 0.321 e. The summed E-state index contributed by atoms with van der Waals surface area (Å²) in [6, 6.07) is 13.0. The van der Waals surface area contributed by atoms with Crippen molar-refractivity contribution >= 4 is 11.7 Å². The number of benzene rings is 1. The average molecular weight is 322 g/mol. The number of urea groups is 1. The molecule has 0 fully saturated rings. The molecule has 0 aliphatic heterocycles. The lowest BCUT2D eigenvalue weighted by atomic mass is 10.2. The minimum Gasteiger partial charge on any atom is -0.327 e. The first kappa shape index (κ1) is 15.7. The fourth-order valence-electron chi connectivity index (χ4n) is 2.18. The molecule has 0 saturated heterocycles. The van der Waals surface area contributed by atoms with Gasteiger partial charge >= 0.3 is 6.03 Å². The Morgan fingerprint density at radius 3 is 2.50 bits per heavy atom. The number of hydrogen-bond donors (Lipinski definition) is 1. The predicted molar refractivity (Wildman–Crippen MR) is 90.9 cm³/mol. The van der Waals surface area contributed by atoms with Crippen molar-refractivity contribution < 1.29 is 4.79 Å². The molecule has 0 spiro atoms. The number of rotatable bonds is 5. The third-order valence-corrected chi connectivity index (χ3v) is 3.54. The number of carbonyl (C=O) groups excluding carboxylic acids is 1. The van der Waals surface area contributed by atoms with E-state index in [-0.39, 0.29) is 6.03 Å². The number of nitrogens with one attached hydrogen (secondary N) is 1. The van der Waals surface area contributed by atoms with Crippen LogP contribution in [0.1, 0.15) is 5.69 Å². The van der Waals surface area contributed by atoms with E-state index in [1.54, 1.807) is 30.5 Å². The Labute approximate surface area is 139 Å². The molecule has 2 amide bonds. The van der Waals surface area contributed by atoms with Crippen molar-refractivity contribution in [1.82, 2.24) is 24.9 Å². The van der Waals surface area contributed by atoms with Gasteiger partial charge in [-0.3, -0.25) is 4.98 Å². The first-order chi connectivity index (χ1) is 11.7. The number of amides is 2. The quantitative estimate of drug-likeness (QED) is 0.782. The minimum absolute atomic E-state index is 0.157. The molecule has 2 heterocycles. The van der Waals surface area contributed by atoms with Crippen LogP contribution in [0.25, 0.3) is 5.69 Å². The van der Waals surface area contributed by atoms with Crippen LogP contribution in [0.3, 0.4) is 0 Å². The molecule has 2 aromatic heterocycles. The Kier molecular flexibility index (Phi) is 4.81. The maximum absolute atomic E-state index is 12.2. The summed E-state index contributed by atoms with van der Waals surface area (Å²) in [6.45, 7) is 0.595. The fraction of sp³-hybridized carbons (Fsp3) is 0.176. The van der Waals surface area contributed by atoms with Gasteiger partial charge in [0.15, 0.2) is 0 Å². The Bertz CT molecular complexity index is 771. The van der Waals surface area contributed by atoms with E-state index < -0.39 is 0 Å². The van der Waals surface area contributed by atoms with Crippen LogP contribution in [-0.2, 0) is 6.42 Å². The van der Waals surface area contributed by atoms with Crippen molar-refractivity contribution in [3.8, 4) is 5.69 Å². The van der Waals surface area contributed by atoms with Gasteiger partial charge in [-0.2, -0.15) is 15.0 Å². The molecule has 24 heavy (non-hydrogen) atoms. The molecule has 7 heteroatoms. The van der Waals surface area contributed by atoms with E-state index in [1.165, 1.54) is 4.80 Å². The highest BCUT2D eigenvalue weighted by Gasteiger charge is 2.09. The van der Waals surface area contributed by atoms with Crippen LogP contribution in [0.2, 0.25) is 0 Å². The molecule has 1 N–H and O–H groups in total. The summed E-state index contributed by atoms with van der Waals surface area (Å²) in [5, 5.41) is 11.0. The summed E-state index contributed by atoms with van der Waals surface area (Å²) >= 11 is 0. The van der Waals surface area contributed by atoms with E-state index in [1.807, 2.05) is 42.5 Å². The molecular weight excluding hydrogens is 304 g/mol. The average Bonchev–Trinajstić information content (AvgIpc) is 3.16. The zero-order valence-corrected chi connectivity index (χ0v) is 13.3. The van der Waals surface area contributed by atoms with Gasteiger partial charge in [0.1, 0.15) is 0 Å². The van der Waals surface area contributed by atoms with Crippen molar-refractivity contribution in [2.24, 2.45) is 0 Å². The van der Waals surface area contributed by atoms with Crippen molar-refractivity contribution in [2.75, 3.05) is 18.9 Å². The Balaban J connectivity index is 1.54. The standard InChI is InChI=1S/C17H18N6O/c1-22(13-9-14-4-2-3-10-18-14)17(24)21-15-5-7-16(8-6-15)23-19-11-12-20-23/h2-8,10-12H,9,13H2,1H3,(H,21,24). The molecule has 7 nitrogen and oxygen atoms in total. The maximum atomic E-state index is 12.2. The predicted octanol–water partition coefficient (Wildman–Crippen LogP) is 2.37. The highest BCUT2D eigenvalue weighted by atomic mass is 16.2. The second-order valence-corrected chi connectivity index (χ2v) is 5.29. The second-order valence-electron chi connectivity index (χ2n) is 5.29. The Morgan fingerprint density at radius 1 is 1.08 bits per heavy atom. The number of carbonyl (C=O) groups is 1. The molecule has 0 saturated carbocycles. The van der Waals surface area contributed by atoms with Gasteiger partial charge in [-0.25, -0.2) is 4.79 Å². The molecule has 0 radical (unpaired) electrons. The summed E-state index contributed by atoms with van der Waals surface area (Å²) in [4.78, 5) is 19.6. The fourth-order valence-corrected chi connectivity index (χ4v) is 2.18. The van der Waals surface area contributed by atoms with Crippen molar-refractivity contribution in [1.29, 1.82) is 0 Å². The number of likely N-dealkylation sites (N-methyl/N-ethyl adjacent to an activating group) is 1. The van der Waals surface area contributed by atoms with Gasteiger partial charge in [-0.15, -0.1) is 0 Å². The van der Waals surface area contributed by atoms with E-state index in [2.05, 4.69) is 20.5 Å². The lowest BCUT2D eigenvalue weighted by Crippen LogP contribution is -2.33. The summed E-state index contributed by atoms with van der Waals surface area (Å²) in [6.07, 6.45) is 5.71. The molecule has 1 aromatic carbocycles. The summed E-state index contributed by atoms with van der Waals surface area (Å²) < 4.78 is 0. The Morgan fingerprint density at radius 2 is 1.83 bits per heavy atom. The molecule has 122 valence electrons. The van der Waals surface area contributed by atoms with Gasteiger partial charge < -0.3 is 10.2 Å². The third kappa shape index (κ3) is 3.95. The number of anilines is 1. The van der Waals surface area contributed by atoms with Gasteiger partial charge in [0, 0.05) is 37.6 Å². The number of pyridine rings is 1. The number of aromatic nitrogens is 4. The van der Waals surface area contributed by atoms with Gasteiger partial charge in [-0.05, 0) is 36.4 Å². The molecule has 0 aliphatic carbocycles. The van der Waals surface area contributed by atoms with Gasteiger partial charge in [0.05, 0.1) is 18.1 Å². The first-order valence-corrected chi connectivity index (χ1v) is 7.61. The van der Waals surface area contributed by atoms with Crippen molar-refractivity contribution in [3.63, 3.8) is 0 Å². The van der Waals surface area contributed by atoms with Gasteiger partial charge in [0.2, 0.25) is 0 Å². The van der Waals surface area contributed by atoms with Crippen LogP contribution in [-0.4, -0.2) is 44.5 Å². The molecule has 3 rings (SSSR count). The lowest BCUT2D eigenvalue weighted by Gasteiger charge is -2.17. The summed E-state index contributed by atoms with van der Waals surface area (Å²) in [5.41, 5.74) is 2.52. The zero-order chi connectivity index (χ0) is 16.8. The lowest BCUT2D eigenvalue weighted by molar-refractivity contribution is 0.223. The van der Waals surface area contributed by atoms with E-state index in [9.17, 15) is 4.79 Å². The van der Waals surface area contributed by atoms with Crippen LogP contribution >= 0.6 is 0 Å². The van der Waals surface area contributed by atoms with Crippen LogP contribution < -0.4 is 5.32 Å². The zero-order valence-electron chi connectivity index (χ0n) is 13.3. The van der Waals surface area contributed by atoms with Crippen LogP contribution in [0.4, 0.5) is 10.5 Å². The SMILES string of the molecule is CN(CCc1ccccn1)C(=O)Nc1ccc(-n2nccn2)cc1. The van der Waals surface area contributed by atoms with Gasteiger partial charge in [-0.1, -0.05) is 6.07 Å². The summed E-state index contributed by atoms with van der Waals surface area (Å²) in [5.74, 6) is 0. The molecule has 0 aliphatic rings. The van der Waals surface area contributed by atoms with E-state index in [4.69, 9.17) is 0 Å². The first-order valence-electron chi connectivity index (χ1n) is 7.61. The largest absolute Gasteiger partial charge is 0.327 e. The Hall–Kier alpha value is -3.22. The molecule has 0 bridgehead atoms. The van der Waals surface area contributed by atoms with Crippen LogP contribution in [0.15, 0.2) is 61.1 Å². The highest BCUT2D eigenvalue weighted by molar-refractivity contribution is 5.89. The highest BCUT2D eigenvalue weighted by Crippen LogP contribution is 2.12. The third-order valence-electron chi connectivity index (χ3n) is 3.54. The molecule has 0 atom stereocenters. The molecular formula is C17H18N6O. The monoisotopic (exact) mass is 322 g/mol. The minimum atomic E-state index is -0.157. The van der Waals surface area contributed by atoms with Crippen molar-refractivity contribution in [2.45, 2.75) is 6.42 Å². The van der Waals surface area contributed by atoms with Gasteiger partial charge in [0.25, 0.3) is 0 Å². The van der Waals surface area contributed by atoms with Crippen molar-refractivity contribution in [3.05, 3.63) is 66.7 Å². The van der Waals surface area contributed by atoms with E-state index in [0.29, 0.717) is 13.0 Å². The maximum Gasteiger partial charge on any atom is 0.321 e. The number of nitrogens with zero attached hydrogens (tertiary/aromatic N) is 5. The molecule has 3 aromatic rings. The second kappa shape index (κ2) is 7.36. The topological polar surface area (TPSA) is 75.9 Å². The van der Waals surface area contributed by atoms with Crippen LogP contribution in [0.5, 0.6) is 0 Å². The van der Waals surface area contributed by atoms with E-state index >= 15 is 0 Å². The summed E-state index contributed by atoms with van der Waals surface area (Å²) in [7, 11) is 1.76. The normalized spacial score (nSPS) is 10.4. The molecule has 0 unspecified atom stereocenters.